The van der Waals surface area contributed by atoms with Gasteiger partial charge in [0.2, 0.25) is 5.78 Å². The molecule has 1 aliphatic carbocycles. The highest BCUT2D eigenvalue weighted by molar-refractivity contribution is 9.10. The number of ketones is 1. The fourth-order valence-corrected chi connectivity index (χ4v) is 4.73. The van der Waals surface area contributed by atoms with Crippen LogP contribution >= 0.6 is 15.9 Å². The van der Waals surface area contributed by atoms with Crippen molar-refractivity contribution in [2.24, 2.45) is 11.1 Å². The normalized spacial score (nSPS) is 20.4. The summed E-state index contributed by atoms with van der Waals surface area (Å²) >= 11 is 3.44. The monoisotopic (exact) mass is 550 g/mol. The Hall–Kier alpha value is -2.71. The van der Waals surface area contributed by atoms with Crippen LogP contribution in [0.25, 0.3) is 0 Å². The number of hydrogen-bond donors (Lipinski definition) is 3. The van der Waals surface area contributed by atoms with Crippen molar-refractivity contribution < 1.29 is 22.5 Å². The van der Waals surface area contributed by atoms with Gasteiger partial charge < -0.3 is 10.4 Å². The van der Waals surface area contributed by atoms with Crippen LogP contribution < -0.4 is 10.5 Å². The molecule has 0 unspecified atom stereocenters. The number of aromatic nitrogens is 4. The van der Waals surface area contributed by atoms with Crippen molar-refractivity contribution in [2.45, 2.75) is 31.5 Å². The van der Waals surface area contributed by atoms with E-state index in [-0.39, 0.29) is 29.7 Å². The molecular formula is C21H23BrN6O5S. The quantitative estimate of drug-likeness (QED) is 0.335. The number of carbonyl (C=O) groups is 1. The SMILES string of the molecule is NS(=O)(=O)OC[C@@H]1C[C@@H](Nc2ncncc2C(=O)c2ccn(Cc3cccc(Br)c3)n2)C[C@@H]1O. The number of halogens is 1. The van der Waals surface area contributed by atoms with Crippen LogP contribution in [0.2, 0.25) is 0 Å². The summed E-state index contributed by atoms with van der Waals surface area (Å²) in [5.74, 6) is -0.457. The highest BCUT2D eigenvalue weighted by Gasteiger charge is 2.34. The Morgan fingerprint density at radius 1 is 1.32 bits per heavy atom. The summed E-state index contributed by atoms with van der Waals surface area (Å²) in [5.41, 5.74) is 1.52. The van der Waals surface area contributed by atoms with E-state index in [9.17, 15) is 18.3 Å². The summed E-state index contributed by atoms with van der Waals surface area (Å²) in [7, 11) is -4.09. The number of aliphatic hydroxyl groups is 1. The molecule has 0 spiro atoms. The lowest BCUT2D eigenvalue weighted by molar-refractivity contribution is 0.101. The molecule has 2 aromatic heterocycles. The molecule has 0 aliphatic heterocycles. The van der Waals surface area contributed by atoms with Gasteiger partial charge in [-0.25, -0.2) is 15.1 Å². The van der Waals surface area contributed by atoms with Crippen molar-refractivity contribution >= 4 is 37.8 Å². The third-order valence-electron chi connectivity index (χ3n) is 5.51. The van der Waals surface area contributed by atoms with Crippen LogP contribution in [-0.4, -0.2) is 57.8 Å². The highest BCUT2D eigenvalue weighted by atomic mass is 79.9. The first kappa shape index (κ1) is 24.4. The van der Waals surface area contributed by atoms with E-state index in [2.05, 4.69) is 40.5 Å². The van der Waals surface area contributed by atoms with Gasteiger partial charge in [0.15, 0.2) is 0 Å². The molecule has 0 radical (unpaired) electrons. The molecule has 1 saturated carbocycles. The van der Waals surface area contributed by atoms with Crippen LogP contribution in [0.3, 0.4) is 0 Å². The average molecular weight is 551 g/mol. The molecule has 0 bridgehead atoms. The summed E-state index contributed by atoms with van der Waals surface area (Å²) in [4.78, 5) is 21.3. The van der Waals surface area contributed by atoms with Crippen LogP contribution in [0.1, 0.15) is 34.5 Å². The van der Waals surface area contributed by atoms with Crippen molar-refractivity contribution in [1.29, 1.82) is 0 Å². The lowest BCUT2D eigenvalue weighted by Gasteiger charge is -2.15. The molecular weight excluding hydrogens is 528 g/mol. The third kappa shape index (κ3) is 6.24. The van der Waals surface area contributed by atoms with Crippen molar-refractivity contribution in [2.75, 3.05) is 11.9 Å². The molecule has 2 heterocycles. The molecule has 34 heavy (non-hydrogen) atoms. The lowest BCUT2D eigenvalue weighted by atomic mass is 10.1. The predicted octanol–water partition coefficient (Wildman–Crippen LogP) is 1.49. The van der Waals surface area contributed by atoms with Gasteiger partial charge in [0, 0.05) is 28.8 Å². The van der Waals surface area contributed by atoms with Crippen molar-refractivity contribution in [1.82, 2.24) is 19.7 Å². The first-order chi connectivity index (χ1) is 16.2. The van der Waals surface area contributed by atoms with Crippen LogP contribution in [0.4, 0.5) is 5.82 Å². The number of hydrogen-bond acceptors (Lipinski definition) is 9. The van der Waals surface area contributed by atoms with Crippen LogP contribution in [-0.2, 0) is 21.0 Å². The second-order valence-corrected chi connectivity index (χ2v) is 10.2. The van der Waals surface area contributed by atoms with Gasteiger partial charge in [0.1, 0.15) is 17.8 Å². The Bertz CT molecular complexity index is 1280. The summed E-state index contributed by atoms with van der Waals surface area (Å²) in [6.07, 6.45) is 4.42. The maximum atomic E-state index is 13.1. The van der Waals surface area contributed by atoms with Crippen LogP contribution in [0, 0.1) is 5.92 Å². The molecule has 4 N–H and O–H groups in total. The molecule has 4 rings (SSSR count). The minimum atomic E-state index is -4.09. The number of anilines is 1. The number of nitrogens with zero attached hydrogens (tertiary/aromatic N) is 4. The van der Waals surface area contributed by atoms with E-state index in [0.717, 1.165) is 10.0 Å². The van der Waals surface area contributed by atoms with Gasteiger partial charge in [-0.3, -0.25) is 13.7 Å². The largest absolute Gasteiger partial charge is 0.393 e. The maximum absolute atomic E-state index is 13.1. The topological polar surface area (TPSA) is 162 Å². The van der Waals surface area contributed by atoms with Gasteiger partial charge in [-0.2, -0.15) is 13.5 Å². The van der Waals surface area contributed by atoms with Gasteiger partial charge in [-0.05, 0) is 36.6 Å². The first-order valence-electron chi connectivity index (χ1n) is 10.4. The van der Waals surface area contributed by atoms with E-state index >= 15 is 0 Å². The molecule has 0 saturated heterocycles. The lowest BCUT2D eigenvalue weighted by Crippen LogP contribution is -2.24. The maximum Gasteiger partial charge on any atom is 0.333 e. The number of nitrogens with two attached hydrogens (primary N) is 1. The molecule has 180 valence electrons. The molecule has 0 amide bonds. The minimum Gasteiger partial charge on any atom is -0.393 e. The highest BCUT2D eigenvalue weighted by Crippen LogP contribution is 2.30. The van der Waals surface area contributed by atoms with E-state index in [0.29, 0.717) is 25.2 Å². The zero-order chi connectivity index (χ0) is 24.3. The van der Waals surface area contributed by atoms with Gasteiger partial charge in [0.05, 0.1) is 24.8 Å². The zero-order valence-corrected chi connectivity index (χ0v) is 20.3. The number of benzene rings is 1. The molecule has 3 atom stereocenters. The van der Waals surface area contributed by atoms with Gasteiger partial charge in [-0.15, -0.1) is 0 Å². The summed E-state index contributed by atoms with van der Waals surface area (Å²) in [5, 5.41) is 22.7. The average Bonchev–Trinajstić information content (AvgIpc) is 3.38. The van der Waals surface area contributed by atoms with Crippen molar-refractivity contribution in [3.8, 4) is 0 Å². The number of aliphatic hydroxyl groups excluding tert-OH is 1. The Morgan fingerprint density at radius 3 is 2.91 bits per heavy atom. The zero-order valence-electron chi connectivity index (χ0n) is 17.9. The van der Waals surface area contributed by atoms with E-state index < -0.39 is 22.3 Å². The Morgan fingerprint density at radius 2 is 2.15 bits per heavy atom. The summed E-state index contributed by atoms with van der Waals surface area (Å²) < 4.78 is 29.3. The molecule has 1 fully saturated rings. The van der Waals surface area contributed by atoms with Crippen molar-refractivity contribution in [3.63, 3.8) is 0 Å². The van der Waals surface area contributed by atoms with E-state index in [1.54, 1.807) is 16.9 Å². The summed E-state index contributed by atoms with van der Waals surface area (Å²) in [6.45, 7) is 0.286. The smallest absolute Gasteiger partial charge is 0.333 e. The van der Waals surface area contributed by atoms with Crippen LogP contribution in [0.5, 0.6) is 0 Å². The predicted molar refractivity (Wildman–Crippen MR) is 126 cm³/mol. The Labute approximate surface area is 204 Å². The summed E-state index contributed by atoms with van der Waals surface area (Å²) in [6, 6.07) is 9.20. The second kappa shape index (κ2) is 10.3. The fourth-order valence-electron chi connectivity index (χ4n) is 3.92. The molecule has 13 heteroatoms. The number of nitrogens with one attached hydrogen (secondary N) is 1. The third-order valence-corrected chi connectivity index (χ3v) is 6.47. The molecule has 1 aliphatic rings. The van der Waals surface area contributed by atoms with Gasteiger partial charge in [-0.1, -0.05) is 28.1 Å². The number of rotatable bonds is 9. The van der Waals surface area contributed by atoms with E-state index in [4.69, 9.17) is 5.14 Å². The second-order valence-electron chi connectivity index (χ2n) is 8.06. The molecule has 1 aromatic carbocycles. The minimum absolute atomic E-state index is 0.219. The standard InChI is InChI=1S/C21H23BrN6O5S/c22-15-3-1-2-13(6-15)10-28-5-4-18(27-28)20(30)17-9-24-12-25-21(17)26-16-7-14(19(29)8-16)11-33-34(23,31)32/h1-6,9,12,14,16,19,29H,7-8,10-11H2,(H2,23,31,32)(H,24,25,26)/t14-,16+,19-/m0/s1. The van der Waals surface area contributed by atoms with E-state index in [1.807, 2.05) is 24.3 Å². The van der Waals surface area contributed by atoms with Crippen molar-refractivity contribution in [3.05, 3.63) is 70.3 Å². The fraction of sp³-hybridized carbons (Fsp3) is 0.333. The molecule has 3 aromatic rings. The van der Waals surface area contributed by atoms with Gasteiger partial charge in [0.25, 0.3) is 0 Å². The first-order valence-corrected chi connectivity index (χ1v) is 12.7. The Kier molecular flexibility index (Phi) is 7.38. The number of carbonyl (C=O) groups excluding carboxylic acids is 1. The van der Waals surface area contributed by atoms with E-state index in [1.165, 1.54) is 12.5 Å². The Balaban J connectivity index is 1.44. The molecule has 11 nitrogen and oxygen atoms in total. The van der Waals surface area contributed by atoms with Gasteiger partial charge >= 0.3 is 10.3 Å². The van der Waals surface area contributed by atoms with Crippen LogP contribution in [0.15, 0.2) is 53.5 Å².